The Kier molecular flexibility index (Phi) is 4.47. The number of halogens is 1. The molecule has 126 valence electrons. The number of hydrogen-bond donors (Lipinski definition) is 0. The predicted molar refractivity (Wildman–Crippen MR) is 87.1 cm³/mol. The maximum Gasteiger partial charge on any atom is 0.410 e. The van der Waals surface area contributed by atoms with Gasteiger partial charge in [0.15, 0.2) is 5.15 Å². The van der Waals surface area contributed by atoms with E-state index in [1.807, 2.05) is 31.7 Å². The van der Waals surface area contributed by atoms with Gasteiger partial charge in [0.1, 0.15) is 5.60 Å². The average Bonchev–Trinajstić information content (AvgIpc) is 2.97. The van der Waals surface area contributed by atoms with Crippen molar-refractivity contribution in [1.82, 2.24) is 20.0 Å². The van der Waals surface area contributed by atoms with Crippen molar-refractivity contribution in [2.45, 2.75) is 32.9 Å². The van der Waals surface area contributed by atoms with Crippen molar-refractivity contribution < 1.29 is 9.53 Å². The molecule has 2 saturated heterocycles. The van der Waals surface area contributed by atoms with Crippen LogP contribution in [0.15, 0.2) is 12.1 Å². The van der Waals surface area contributed by atoms with Gasteiger partial charge in [0.25, 0.3) is 0 Å². The smallest absolute Gasteiger partial charge is 0.410 e. The Bertz CT molecular complexity index is 558. The topological polar surface area (TPSA) is 58.6 Å². The fraction of sp³-hybridized carbons (Fsp3) is 0.688. The zero-order valence-corrected chi connectivity index (χ0v) is 14.6. The molecule has 2 aliphatic heterocycles. The molecule has 23 heavy (non-hydrogen) atoms. The molecule has 0 radical (unpaired) electrons. The van der Waals surface area contributed by atoms with E-state index in [4.69, 9.17) is 16.3 Å². The first-order valence-electron chi connectivity index (χ1n) is 7.98. The first kappa shape index (κ1) is 16.5. The standard InChI is InChI=1S/C16H23ClN4O2/c1-16(2,3)23-15(22)21-8-11-6-20(7-12(11)9-21)10-13-4-5-14(17)19-18-13/h4-5,11-12H,6-10H2,1-3H3/t11-,12+. The van der Waals surface area contributed by atoms with E-state index >= 15 is 0 Å². The number of likely N-dealkylation sites (tertiary alicyclic amines) is 2. The van der Waals surface area contributed by atoms with Gasteiger partial charge >= 0.3 is 6.09 Å². The fourth-order valence-electron chi connectivity index (χ4n) is 3.35. The number of aromatic nitrogens is 2. The highest BCUT2D eigenvalue weighted by Crippen LogP contribution is 2.32. The number of hydrogen-bond acceptors (Lipinski definition) is 5. The first-order valence-corrected chi connectivity index (χ1v) is 8.36. The summed E-state index contributed by atoms with van der Waals surface area (Å²) in [6.07, 6.45) is -0.193. The minimum absolute atomic E-state index is 0.193. The lowest BCUT2D eigenvalue weighted by atomic mass is 10.0. The average molecular weight is 339 g/mol. The predicted octanol–water partition coefficient (Wildman–Crippen LogP) is 2.43. The molecule has 1 amide bonds. The summed E-state index contributed by atoms with van der Waals surface area (Å²) >= 11 is 5.76. The maximum absolute atomic E-state index is 12.2. The lowest BCUT2D eigenvalue weighted by molar-refractivity contribution is 0.0274. The van der Waals surface area contributed by atoms with Crippen LogP contribution in [0, 0.1) is 11.8 Å². The van der Waals surface area contributed by atoms with Crippen LogP contribution in [0.1, 0.15) is 26.5 Å². The normalized spacial score (nSPS) is 24.8. The van der Waals surface area contributed by atoms with Crippen LogP contribution in [-0.2, 0) is 11.3 Å². The second kappa shape index (κ2) is 6.24. The molecule has 0 aliphatic carbocycles. The van der Waals surface area contributed by atoms with E-state index in [9.17, 15) is 4.79 Å². The van der Waals surface area contributed by atoms with Crippen LogP contribution in [0.25, 0.3) is 0 Å². The van der Waals surface area contributed by atoms with Crippen molar-refractivity contribution >= 4 is 17.7 Å². The number of carbonyl (C=O) groups is 1. The van der Waals surface area contributed by atoms with Gasteiger partial charge in [0, 0.05) is 32.7 Å². The largest absolute Gasteiger partial charge is 0.444 e. The summed E-state index contributed by atoms with van der Waals surface area (Å²) in [5.74, 6) is 1.03. The summed E-state index contributed by atoms with van der Waals surface area (Å²) in [5, 5.41) is 8.41. The molecule has 0 spiro atoms. The minimum Gasteiger partial charge on any atom is -0.444 e. The molecular weight excluding hydrogens is 316 g/mol. The molecule has 3 rings (SSSR count). The Morgan fingerprint density at radius 3 is 2.39 bits per heavy atom. The number of nitrogens with zero attached hydrogens (tertiary/aromatic N) is 4. The second-order valence-corrected chi connectivity index (χ2v) is 7.83. The van der Waals surface area contributed by atoms with Gasteiger partial charge < -0.3 is 9.64 Å². The summed E-state index contributed by atoms with van der Waals surface area (Å²) in [6.45, 7) is 10.0. The number of ether oxygens (including phenoxy) is 1. The Morgan fingerprint density at radius 2 is 1.87 bits per heavy atom. The van der Waals surface area contributed by atoms with Gasteiger partial charge in [-0.25, -0.2) is 4.79 Å². The highest BCUT2D eigenvalue weighted by molar-refractivity contribution is 6.29. The van der Waals surface area contributed by atoms with Crippen molar-refractivity contribution in [2.24, 2.45) is 11.8 Å². The zero-order valence-electron chi connectivity index (χ0n) is 13.8. The monoisotopic (exact) mass is 338 g/mol. The van der Waals surface area contributed by atoms with Crippen molar-refractivity contribution in [2.75, 3.05) is 26.2 Å². The van der Waals surface area contributed by atoms with Gasteiger partial charge in [-0.05, 0) is 44.7 Å². The summed E-state index contributed by atoms with van der Waals surface area (Å²) in [5.41, 5.74) is 0.493. The molecule has 0 unspecified atom stereocenters. The highest BCUT2D eigenvalue weighted by Gasteiger charge is 2.42. The van der Waals surface area contributed by atoms with Crippen LogP contribution in [0.4, 0.5) is 4.79 Å². The lowest BCUT2D eigenvalue weighted by Gasteiger charge is -2.25. The van der Waals surface area contributed by atoms with Crippen LogP contribution in [-0.4, -0.2) is 57.9 Å². The quantitative estimate of drug-likeness (QED) is 0.829. The van der Waals surface area contributed by atoms with Gasteiger partial charge in [0.05, 0.1) is 5.69 Å². The van der Waals surface area contributed by atoms with E-state index in [0.717, 1.165) is 38.4 Å². The van der Waals surface area contributed by atoms with Crippen LogP contribution < -0.4 is 0 Å². The number of fused-ring (bicyclic) bond motifs is 1. The number of rotatable bonds is 2. The second-order valence-electron chi connectivity index (χ2n) is 7.45. The fourth-order valence-corrected chi connectivity index (χ4v) is 3.45. The maximum atomic E-state index is 12.2. The van der Waals surface area contributed by atoms with E-state index in [-0.39, 0.29) is 6.09 Å². The first-order chi connectivity index (χ1) is 10.8. The molecule has 0 bridgehead atoms. The number of amides is 1. The lowest BCUT2D eigenvalue weighted by Crippen LogP contribution is -2.37. The van der Waals surface area contributed by atoms with Crippen LogP contribution in [0.2, 0.25) is 5.15 Å². The Labute approximate surface area is 141 Å². The number of carbonyl (C=O) groups excluding carboxylic acids is 1. The third-order valence-corrected chi connectivity index (χ3v) is 4.49. The molecule has 0 N–H and O–H groups in total. The summed E-state index contributed by atoms with van der Waals surface area (Å²) < 4.78 is 5.46. The highest BCUT2D eigenvalue weighted by atomic mass is 35.5. The van der Waals surface area contributed by atoms with E-state index in [0.29, 0.717) is 17.0 Å². The van der Waals surface area contributed by atoms with E-state index in [1.165, 1.54) is 0 Å². The van der Waals surface area contributed by atoms with Gasteiger partial charge in [-0.15, -0.1) is 5.10 Å². The van der Waals surface area contributed by atoms with Gasteiger partial charge in [-0.2, -0.15) is 5.10 Å². The van der Waals surface area contributed by atoms with E-state index < -0.39 is 5.60 Å². The third kappa shape index (κ3) is 4.12. The summed E-state index contributed by atoms with van der Waals surface area (Å²) in [7, 11) is 0. The molecule has 2 fully saturated rings. The molecule has 0 saturated carbocycles. The molecule has 2 aliphatic rings. The van der Waals surface area contributed by atoms with Gasteiger partial charge in [-0.1, -0.05) is 11.6 Å². The van der Waals surface area contributed by atoms with Crippen molar-refractivity contribution in [3.05, 3.63) is 23.0 Å². The molecule has 6 nitrogen and oxygen atoms in total. The molecule has 7 heteroatoms. The SMILES string of the molecule is CC(C)(C)OC(=O)N1C[C@H]2CN(Cc3ccc(Cl)nn3)C[C@H]2C1. The van der Waals surface area contributed by atoms with Crippen molar-refractivity contribution in [3.8, 4) is 0 Å². The van der Waals surface area contributed by atoms with Gasteiger partial charge in [0.2, 0.25) is 0 Å². The summed E-state index contributed by atoms with van der Waals surface area (Å²) in [6, 6.07) is 3.68. The van der Waals surface area contributed by atoms with Crippen LogP contribution >= 0.6 is 11.6 Å². The Hall–Kier alpha value is -1.40. The van der Waals surface area contributed by atoms with Gasteiger partial charge in [-0.3, -0.25) is 4.90 Å². The molecular formula is C16H23ClN4O2. The third-order valence-electron chi connectivity index (χ3n) is 4.29. The van der Waals surface area contributed by atoms with E-state index in [2.05, 4.69) is 15.1 Å². The Balaban J connectivity index is 1.51. The molecule has 1 aromatic heterocycles. The molecule has 1 aromatic rings. The van der Waals surface area contributed by atoms with E-state index in [1.54, 1.807) is 6.07 Å². The molecule has 2 atom stereocenters. The molecule has 0 aromatic carbocycles. The summed E-state index contributed by atoms with van der Waals surface area (Å²) in [4.78, 5) is 16.4. The van der Waals surface area contributed by atoms with Crippen LogP contribution in [0.3, 0.4) is 0 Å². The van der Waals surface area contributed by atoms with Crippen molar-refractivity contribution in [3.63, 3.8) is 0 Å². The van der Waals surface area contributed by atoms with Crippen molar-refractivity contribution in [1.29, 1.82) is 0 Å². The molecule has 3 heterocycles. The van der Waals surface area contributed by atoms with Crippen LogP contribution in [0.5, 0.6) is 0 Å². The zero-order chi connectivity index (χ0) is 16.6. The Morgan fingerprint density at radius 1 is 1.22 bits per heavy atom. The minimum atomic E-state index is -0.436.